The number of hydrogen-bond acceptors (Lipinski definition) is 4. The summed E-state index contributed by atoms with van der Waals surface area (Å²) in [5.41, 5.74) is 1.64. The second-order valence-electron chi connectivity index (χ2n) is 7.11. The molecule has 0 unspecified atom stereocenters. The first-order chi connectivity index (χ1) is 12.6. The highest BCUT2D eigenvalue weighted by Crippen LogP contribution is 2.20. The number of amides is 3. The molecule has 1 aromatic rings. The summed E-state index contributed by atoms with van der Waals surface area (Å²) in [4.78, 5) is 39.6. The number of anilines is 1. The van der Waals surface area contributed by atoms with Crippen molar-refractivity contribution in [3.8, 4) is 0 Å². The highest BCUT2D eigenvalue weighted by molar-refractivity contribution is 6.01. The van der Waals surface area contributed by atoms with E-state index in [4.69, 9.17) is 0 Å². The van der Waals surface area contributed by atoms with E-state index < -0.39 is 0 Å². The van der Waals surface area contributed by atoms with Gasteiger partial charge in [0.2, 0.25) is 17.7 Å². The van der Waals surface area contributed by atoms with Gasteiger partial charge in [-0.2, -0.15) is 0 Å². The number of nitrogens with zero attached hydrogens (tertiary/aromatic N) is 2. The number of hydrogen-bond donors (Lipinski definition) is 1. The summed E-state index contributed by atoms with van der Waals surface area (Å²) >= 11 is 0. The van der Waals surface area contributed by atoms with Crippen LogP contribution in [-0.4, -0.2) is 46.7 Å². The van der Waals surface area contributed by atoms with Crippen LogP contribution in [0.1, 0.15) is 51.0 Å². The van der Waals surface area contributed by atoms with Crippen molar-refractivity contribution in [3.63, 3.8) is 0 Å². The van der Waals surface area contributed by atoms with Gasteiger partial charge < -0.3 is 5.32 Å². The van der Waals surface area contributed by atoms with Gasteiger partial charge in [-0.15, -0.1) is 0 Å². The fourth-order valence-electron chi connectivity index (χ4n) is 3.74. The Bertz CT molecular complexity index is 653. The molecule has 2 aliphatic rings. The minimum Gasteiger partial charge on any atom is -0.325 e. The van der Waals surface area contributed by atoms with Crippen molar-refractivity contribution in [2.75, 3.05) is 18.4 Å². The summed E-state index contributed by atoms with van der Waals surface area (Å²) in [6, 6.07) is 7.35. The van der Waals surface area contributed by atoms with Crippen LogP contribution in [0.3, 0.4) is 0 Å². The van der Waals surface area contributed by atoms with Crippen molar-refractivity contribution in [3.05, 3.63) is 29.8 Å². The smallest absolute Gasteiger partial charge is 0.241 e. The van der Waals surface area contributed by atoms with E-state index in [-0.39, 0.29) is 23.8 Å². The van der Waals surface area contributed by atoms with Gasteiger partial charge in [0.1, 0.15) is 0 Å². The zero-order valence-electron chi connectivity index (χ0n) is 15.4. The van der Waals surface area contributed by atoms with Crippen molar-refractivity contribution in [2.45, 2.75) is 58.0 Å². The Morgan fingerprint density at radius 2 is 1.81 bits per heavy atom. The van der Waals surface area contributed by atoms with E-state index in [1.807, 2.05) is 24.3 Å². The van der Waals surface area contributed by atoms with Gasteiger partial charge in [0.05, 0.1) is 12.6 Å². The number of nitrogens with one attached hydrogen (secondary N) is 1. The number of piperidine rings is 1. The lowest BCUT2D eigenvalue weighted by molar-refractivity contribution is -0.139. The lowest BCUT2D eigenvalue weighted by Crippen LogP contribution is -2.47. The molecule has 0 aliphatic carbocycles. The van der Waals surface area contributed by atoms with Crippen molar-refractivity contribution in [1.29, 1.82) is 0 Å². The molecular formula is C20H27N3O3. The molecule has 2 saturated heterocycles. The first-order valence-corrected chi connectivity index (χ1v) is 9.55. The number of imide groups is 1. The van der Waals surface area contributed by atoms with Gasteiger partial charge in [0, 0.05) is 18.5 Å². The van der Waals surface area contributed by atoms with Crippen molar-refractivity contribution in [1.82, 2.24) is 9.80 Å². The van der Waals surface area contributed by atoms with Crippen LogP contribution in [0.25, 0.3) is 0 Å². The monoisotopic (exact) mass is 357 g/mol. The Hall–Kier alpha value is -2.21. The zero-order chi connectivity index (χ0) is 18.5. The predicted molar refractivity (Wildman–Crippen MR) is 99.4 cm³/mol. The van der Waals surface area contributed by atoms with E-state index in [9.17, 15) is 14.4 Å². The Morgan fingerprint density at radius 1 is 1.12 bits per heavy atom. The number of rotatable bonds is 6. The van der Waals surface area contributed by atoms with E-state index in [0.717, 1.165) is 50.0 Å². The molecule has 0 radical (unpaired) electrons. The van der Waals surface area contributed by atoms with Crippen molar-refractivity contribution >= 4 is 23.4 Å². The SMILES string of the molecule is CCCN1CCCC[C@@H]1C(=O)Nc1ccc(CN2C(=O)CCC2=O)cc1. The molecule has 6 nitrogen and oxygen atoms in total. The lowest BCUT2D eigenvalue weighted by Gasteiger charge is -2.34. The Labute approximate surface area is 154 Å². The minimum absolute atomic E-state index is 0.0517. The van der Waals surface area contributed by atoms with Gasteiger partial charge in [0.25, 0.3) is 0 Å². The van der Waals surface area contributed by atoms with E-state index >= 15 is 0 Å². The van der Waals surface area contributed by atoms with Gasteiger partial charge in [-0.1, -0.05) is 25.5 Å². The summed E-state index contributed by atoms with van der Waals surface area (Å²) in [5.74, 6) is -0.169. The van der Waals surface area contributed by atoms with Gasteiger partial charge in [-0.25, -0.2) is 0 Å². The number of likely N-dealkylation sites (tertiary alicyclic amines) is 2. The van der Waals surface area contributed by atoms with Crippen LogP contribution in [0.2, 0.25) is 0 Å². The molecule has 3 rings (SSSR count). The second kappa shape index (κ2) is 8.45. The summed E-state index contributed by atoms with van der Waals surface area (Å²) in [6.45, 7) is 4.38. The summed E-state index contributed by atoms with van der Waals surface area (Å²) < 4.78 is 0. The highest BCUT2D eigenvalue weighted by atomic mass is 16.2. The van der Waals surface area contributed by atoms with Gasteiger partial charge in [-0.05, 0) is 50.0 Å². The molecule has 1 N–H and O–H groups in total. The Kier molecular flexibility index (Phi) is 6.04. The summed E-state index contributed by atoms with van der Waals surface area (Å²) in [7, 11) is 0. The standard InChI is InChI=1S/C20H27N3O3/c1-2-12-22-13-4-3-5-17(22)20(26)21-16-8-6-15(7-9-16)14-23-18(24)10-11-19(23)25/h6-9,17H,2-5,10-14H2,1H3,(H,21,26)/t17-/m1/s1. The fourth-order valence-corrected chi connectivity index (χ4v) is 3.74. The third kappa shape index (κ3) is 4.30. The topological polar surface area (TPSA) is 69.7 Å². The predicted octanol–water partition coefficient (Wildman–Crippen LogP) is 2.54. The van der Waals surface area contributed by atoms with Gasteiger partial charge >= 0.3 is 0 Å². The second-order valence-corrected chi connectivity index (χ2v) is 7.11. The molecular weight excluding hydrogens is 330 g/mol. The largest absolute Gasteiger partial charge is 0.325 e. The molecule has 0 spiro atoms. The normalized spacial score (nSPS) is 21.3. The molecule has 2 aliphatic heterocycles. The molecule has 6 heteroatoms. The fraction of sp³-hybridized carbons (Fsp3) is 0.550. The molecule has 140 valence electrons. The average molecular weight is 357 g/mol. The third-order valence-electron chi connectivity index (χ3n) is 5.14. The molecule has 0 saturated carbocycles. The molecule has 0 aromatic heterocycles. The number of carbonyl (C=O) groups excluding carboxylic acids is 3. The lowest BCUT2D eigenvalue weighted by atomic mass is 10.0. The van der Waals surface area contributed by atoms with Crippen LogP contribution in [0.5, 0.6) is 0 Å². The van der Waals surface area contributed by atoms with Crippen LogP contribution in [0.15, 0.2) is 24.3 Å². The summed E-state index contributed by atoms with van der Waals surface area (Å²) in [5, 5.41) is 3.01. The van der Waals surface area contributed by atoms with Crippen LogP contribution < -0.4 is 5.32 Å². The van der Waals surface area contributed by atoms with Crippen LogP contribution in [0, 0.1) is 0 Å². The summed E-state index contributed by atoms with van der Waals surface area (Å²) in [6.07, 6.45) is 4.82. The molecule has 0 bridgehead atoms. The maximum atomic E-state index is 12.7. The number of benzene rings is 1. The van der Waals surface area contributed by atoms with Crippen LogP contribution >= 0.6 is 0 Å². The first kappa shape index (κ1) is 18.6. The van der Waals surface area contributed by atoms with Crippen LogP contribution in [0.4, 0.5) is 5.69 Å². The third-order valence-corrected chi connectivity index (χ3v) is 5.14. The number of carbonyl (C=O) groups is 3. The maximum Gasteiger partial charge on any atom is 0.241 e. The Morgan fingerprint density at radius 3 is 2.46 bits per heavy atom. The Balaban J connectivity index is 1.59. The maximum absolute atomic E-state index is 12.7. The zero-order valence-corrected chi connectivity index (χ0v) is 15.4. The first-order valence-electron chi connectivity index (χ1n) is 9.55. The molecule has 26 heavy (non-hydrogen) atoms. The average Bonchev–Trinajstić information content (AvgIpc) is 2.96. The molecule has 2 heterocycles. The van der Waals surface area contributed by atoms with Crippen molar-refractivity contribution in [2.24, 2.45) is 0 Å². The quantitative estimate of drug-likeness (QED) is 0.795. The minimum atomic E-state index is -0.110. The van der Waals surface area contributed by atoms with Crippen LogP contribution in [-0.2, 0) is 20.9 Å². The van der Waals surface area contributed by atoms with E-state index in [1.54, 1.807) is 0 Å². The van der Waals surface area contributed by atoms with Gasteiger partial charge in [0.15, 0.2) is 0 Å². The molecule has 3 amide bonds. The molecule has 2 fully saturated rings. The molecule has 1 aromatic carbocycles. The van der Waals surface area contributed by atoms with Crippen molar-refractivity contribution < 1.29 is 14.4 Å². The molecule has 1 atom stereocenters. The van der Waals surface area contributed by atoms with E-state index in [0.29, 0.717) is 19.4 Å². The van der Waals surface area contributed by atoms with E-state index in [1.165, 1.54) is 4.90 Å². The van der Waals surface area contributed by atoms with E-state index in [2.05, 4.69) is 17.1 Å². The highest BCUT2D eigenvalue weighted by Gasteiger charge is 2.29. The van der Waals surface area contributed by atoms with Gasteiger partial charge in [-0.3, -0.25) is 24.2 Å².